The van der Waals surface area contributed by atoms with Crippen molar-refractivity contribution >= 4 is 0 Å². The quantitative estimate of drug-likeness (QED) is 0.797. The Kier molecular flexibility index (Phi) is 3.83. The highest BCUT2D eigenvalue weighted by molar-refractivity contribution is 5.18. The fourth-order valence-corrected chi connectivity index (χ4v) is 1.59. The molecular weight excluding hydrogens is 190 g/mol. The fourth-order valence-electron chi connectivity index (χ4n) is 1.59. The van der Waals surface area contributed by atoms with Crippen molar-refractivity contribution < 1.29 is 10.2 Å². The maximum atomic E-state index is 10.1. The number of aryl methyl sites for hydroxylation is 1. The number of hydrogen-bond donors (Lipinski definition) is 2. The van der Waals surface area contributed by atoms with Gasteiger partial charge in [0, 0.05) is 17.5 Å². The van der Waals surface area contributed by atoms with E-state index < -0.39 is 11.7 Å². The Morgan fingerprint density at radius 2 is 1.93 bits per heavy atom. The van der Waals surface area contributed by atoms with Gasteiger partial charge in [0.25, 0.3) is 0 Å². The lowest BCUT2D eigenvalue weighted by atomic mass is 9.87. The van der Waals surface area contributed by atoms with E-state index in [1.54, 1.807) is 6.20 Å². The summed E-state index contributed by atoms with van der Waals surface area (Å²) in [5.74, 6) is 0. The van der Waals surface area contributed by atoms with E-state index >= 15 is 0 Å². The monoisotopic (exact) mass is 209 g/mol. The van der Waals surface area contributed by atoms with Gasteiger partial charge in [0.2, 0.25) is 0 Å². The first kappa shape index (κ1) is 12.1. The van der Waals surface area contributed by atoms with Crippen LogP contribution in [0.25, 0.3) is 0 Å². The van der Waals surface area contributed by atoms with Crippen LogP contribution in [0.2, 0.25) is 0 Å². The minimum atomic E-state index is -1.04. The molecule has 0 radical (unpaired) electrons. The van der Waals surface area contributed by atoms with Crippen LogP contribution >= 0.6 is 0 Å². The number of aliphatic hydroxyl groups is 2. The molecule has 0 aliphatic carbocycles. The maximum Gasteiger partial charge on any atom is 0.109 e. The number of rotatable bonds is 4. The Morgan fingerprint density at radius 3 is 2.33 bits per heavy atom. The lowest BCUT2D eigenvalue weighted by molar-refractivity contribution is -0.0822. The summed E-state index contributed by atoms with van der Waals surface area (Å²) < 4.78 is 0. The van der Waals surface area contributed by atoms with Crippen LogP contribution in [0, 0.1) is 6.92 Å². The molecule has 0 aliphatic rings. The van der Waals surface area contributed by atoms with Gasteiger partial charge in [-0.05, 0) is 25.8 Å². The Hall–Kier alpha value is -0.930. The van der Waals surface area contributed by atoms with Crippen LogP contribution in [-0.2, 0) is 0 Å². The van der Waals surface area contributed by atoms with Crippen molar-refractivity contribution in [2.75, 3.05) is 0 Å². The van der Waals surface area contributed by atoms with Crippen molar-refractivity contribution in [3.8, 4) is 0 Å². The Bertz CT molecular complexity index is 304. The predicted octanol–water partition coefficient (Wildman–Crippen LogP) is 1.97. The van der Waals surface area contributed by atoms with E-state index in [1.165, 1.54) is 0 Å². The summed E-state index contributed by atoms with van der Waals surface area (Å²) in [6.07, 6.45) is 1.81. The number of hydrogen-bond acceptors (Lipinski definition) is 3. The zero-order valence-electron chi connectivity index (χ0n) is 9.57. The summed E-state index contributed by atoms with van der Waals surface area (Å²) in [4.78, 5) is 4.11. The summed E-state index contributed by atoms with van der Waals surface area (Å²) in [7, 11) is 0. The van der Waals surface area contributed by atoms with Crippen molar-refractivity contribution in [3.63, 3.8) is 0 Å². The molecule has 2 N–H and O–H groups in total. The summed E-state index contributed by atoms with van der Waals surface area (Å²) in [6, 6.07) is 3.65. The molecule has 0 amide bonds. The minimum absolute atomic E-state index is 0.526. The Morgan fingerprint density at radius 1 is 1.33 bits per heavy atom. The lowest BCUT2D eigenvalue weighted by Gasteiger charge is -2.31. The molecule has 1 aromatic heterocycles. The van der Waals surface area contributed by atoms with Crippen LogP contribution in [0.5, 0.6) is 0 Å². The molecule has 0 aliphatic heterocycles. The van der Waals surface area contributed by atoms with E-state index in [2.05, 4.69) is 4.98 Å². The number of aromatic nitrogens is 1. The smallest absolute Gasteiger partial charge is 0.109 e. The highest BCUT2D eigenvalue weighted by Crippen LogP contribution is 2.31. The molecule has 0 saturated heterocycles. The summed E-state index contributed by atoms with van der Waals surface area (Å²) >= 11 is 0. The highest BCUT2D eigenvalue weighted by atomic mass is 16.3. The van der Waals surface area contributed by atoms with Crippen LogP contribution in [-0.4, -0.2) is 20.8 Å². The molecule has 1 unspecified atom stereocenters. The van der Waals surface area contributed by atoms with Crippen LogP contribution in [0.4, 0.5) is 0 Å². The van der Waals surface area contributed by atoms with Crippen molar-refractivity contribution in [3.05, 3.63) is 29.6 Å². The van der Waals surface area contributed by atoms with Crippen molar-refractivity contribution in [1.82, 2.24) is 4.98 Å². The zero-order chi connectivity index (χ0) is 11.5. The van der Waals surface area contributed by atoms with Gasteiger partial charge in [0.1, 0.15) is 6.10 Å². The molecule has 1 aromatic rings. The predicted molar refractivity (Wildman–Crippen MR) is 59.5 cm³/mol. The van der Waals surface area contributed by atoms with E-state index in [0.717, 1.165) is 5.69 Å². The average molecular weight is 209 g/mol. The van der Waals surface area contributed by atoms with E-state index in [0.29, 0.717) is 18.4 Å². The third-order valence-electron chi connectivity index (χ3n) is 2.98. The summed E-state index contributed by atoms with van der Waals surface area (Å²) in [5.41, 5.74) is 0.533. The molecule has 1 heterocycles. The summed E-state index contributed by atoms with van der Waals surface area (Å²) in [5, 5.41) is 20.2. The Balaban J connectivity index is 2.92. The van der Waals surface area contributed by atoms with E-state index in [9.17, 15) is 10.2 Å². The molecule has 0 aromatic carbocycles. The van der Waals surface area contributed by atoms with Gasteiger partial charge < -0.3 is 10.2 Å². The third-order valence-corrected chi connectivity index (χ3v) is 2.98. The number of nitrogens with zero attached hydrogens (tertiary/aromatic N) is 1. The lowest BCUT2D eigenvalue weighted by Crippen LogP contribution is -2.34. The van der Waals surface area contributed by atoms with Crippen LogP contribution in [0.15, 0.2) is 18.3 Å². The van der Waals surface area contributed by atoms with Gasteiger partial charge >= 0.3 is 0 Å². The maximum absolute atomic E-state index is 10.1. The van der Waals surface area contributed by atoms with Gasteiger partial charge in [0.05, 0.1) is 5.60 Å². The second kappa shape index (κ2) is 4.73. The largest absolute Gasteiger partial charge is 0.387 e. The van der Waals surface area contributed by atoms with E-state index in [4.69, 9.17) is 0 Å². The van der Waals surface area contributed by atoms with Crippen molar-refractivity contribution in [2.45, 2.75) is 45.3 Å². The van der Waals surface area contributed by atoms with Gasteiger partial charge in [-0.2, -0.15) is 0 Å². The second-order valence-electron chi connectivity index (χ2n) is 3.95. The first-order valence-electron chi connectivity index (χ1n) is 5.36. The molecule has 0 fully saturated rings. The molecule has 0 bridgehead atoms. The summed E-state index contributed by atoms with van der Waals surface area (Å²) in [6.45, 7) is 5.63. The van der Waals surface area contributed by atoms with Gasteiger partial charge in [0.15, 0.2) is 0 Å². The third kappa shape index (κ3) is 2.55. The van der Waals surface area contributed by atoms with Gasteiger partial charge in [-0.3, -0.25) is 4.98 Å². The molecular formula is C12H19NO2. The first-order chi connectivity index (χ1) is 7.03. The van der Waals surface area contributed by atoms with Crippen LogP contribution < -0.4 is 0 Å². The molecule has 1 rings (SSSR count). The molecule has 3 heteroatoms. The average Bonchev–Trinajstić information content (AvgIpc) is 2.28. The number of pyridine rings is 1. The minimum Gasteiger partial charge on any atom is -0.387 e. The van der Waals surface area contributed by atoms with E-state index in [1.807, 2.05) is 32.9 Å². The van der Waals surface area contributed by atoms with Gasteiger partial charge in [-0.25, -0.2) is 0 Å². The molecule has 15 heavy (non-hydrogen) atoms. The molecule has 3 nitrogen and oxygen atoms in total. The first-order valence-corrected chi connectivity index (χ1v) is 5.36. The standard InChI is InChI=1S/C12H19NO2/c1-4-12(15,5-2)11(14)10-7-6-9(3)13-8-10/h6-8,11,14-15H,4-5H2,1-3H3. The van der Waals surface area contributed by atoms with Crippen molar-refractivity contribution in [1.29, 1.82) is 0 Å². The fraction of sp³-hybridized carbons (Fsp3) is 0.583. The van der Waals surface area contributed by atoms with Gasteiger partial charge in [-0.15, -0.1) is 0 Å². The molecule has 1 atom stereocenters. The van der Waals surface area contributed by atoms with Gasteiger partial charge in [-0.1, -0.05) is 19.9 Å². The zero-order valence-corrected chi connectivity index (χ0v) is 9.57. The molecule has 0 spiro atoms. The SMILES string of the molecule is CCC(O)(CC)C(O)c1ccc(C)nc1. The Labute approximate surface area is 90.8 Å². The van der Waals surface area contributed by atoms with Crippen molar-refractivity contribution in [2.24, 2.45) is 0 Å². The van der Waals surface area contributed by atoms with Crippen LogP contribution in [0.1, 0.15) is 44.1 Å². The van der Waals surface area contributed by atoms with E-state index in [-0.39, 0.29) is 0 Å². The topological polar surface area (TPSA) is 53.4 Å². The molecule has 0 saturated carbocycles. The second-order valence-corrected chi connectivity index (χ2v) is 3.95. The molecule has 84 valence electrons. The number of aliphatic hydroxyl groups excluding tert-OH is 1. The highest BCUT2D eigenvalue weighted by Gasteiger charge is 2.32. The van der Waals surface area contributed by atoms with Crippen LogP contribution in [0.3, 0.4) is 0 Å². The normalized spacial score (nSPS) is 13.9.